The first-order valence-corrected chi connectivity index (χ1v) is 11.0. The molecular weight excluding hydrogens is 457 g/mol. The monoisotopic (exact) mass is 472 g/mol. The van der Waals surface area contributed by atoms with Crippen LogP contribution in [0.2, 0.25) is 5.02 Å². The Labute approximate surface area is 180 Å². The minimum absolute atomic E-state index is 0.0390. The van der Waals surface area contributed by atoms with E-state index in [0.29, 0.717) is 5.69 Å². The van der Waals surface area contributed by atoms with Crippen molar-refractivity contribution in [3.63, 3.8) is 0 Å². The summed E-state index contributed by atoms with van der Waals surface area (Å²) in [5.41, 5.74) is 4.83. The van der Waals surface area contributed by atoms with Crippen LogP contribution in [0.5, 0.6) is 0 Å². The maximum atomic E-state index is 13.2. The lowest BCUT2D eigenvalue weighted by molar-refractivity contribution is -0.141. The van der Waals surface area contributed by atoms with Crippen molar-refractivity contribution in [3.8, 4) is 5.69 Å². The van der Waals surface area contributed by atoms with Gasteiger partial charge in [-0.3, -0.25) is 0 Å². The van der Waals surface area contributed by atoms with Gasteiger partial charge >= 0.3 is 6.18 Å². The van der Waals surface area contributed by atoms with Gasteiger partial charge in [0.15, 0.2) is 15.5 Å². The maximum Gasteiger partial charge on any atom is 0.433 e. The van der Waals surface area contributed by atoms with Crippen LogP contribution < -0.4 is 10.6 Å². The number of nitrogens with two attached hydrogens (primary N) is 1. The summed E-state index contributed by atoms with van der Waals surface area (Å²) in [6.07, 6.45) is -1.22. The Morgan fingerprint density at radius 3 is 2.61 bits per heavy atom. The Bertz CT molecular complexity index is 1220. The molecule has 3 heterocycles. The average Bonchev–Trinajstić information content (AvgIpc) is 3.39. The second-order valence-electron chi connectivity index (χ2n) is 6.93. The predicted molar refractivity (Wildman–Crippen MR) is 108 cm³/mol. The van der Waals surface area contributed by atoms with Gasteiger partial charge in [-0.1, -0.05) is 11.6 Å². The molecule has 2 aromatic heterocycles. The van der Waals surface area contributed by atoms with Crippen LogP contribution in [-0.2, 0) is 16.0 Å². The summed E-state index contributed by atoms with van der Waals surface area (Å²) in [6, 6.07) is 6.96. The average molecular weight is 473 g/mol. The highest BCUT2D eigenvalue weighted by atomic mass is 35.5. The third kappa shape index (κ3) is 4.17. The molecule has 2 N–H and O–H groups in total. The van der Waals surface area contributed by atoms with Crippen molar-refractivity contribution >= 4 is 33.2 Å². The molecule has 1 aliphatic rings. The van der Waals surface area contributed by atoms with Gasteiger partial charge in [0.25, 0.3) is 0 Å². The first-order valence-electron chi connectivity index (χ1n) is 9.06. The number of sulfone groups is 1. The van der Waals surface area contributed by atoms with Gasteiger partial charge in [0.1, 0.15) is 5.82 Å². The van der Waals surface area contributed by atoms with E-state index in [4.69, 9.17) is 17.3 Å². The quantitative estimate of drug-likeness (QED) is 0.622. The zero-order valence-electron chi connectivity index (χ0n) is 15.8. The molecule has 31 heavy (non-hydrogen) atoms. The number of nitrogen functional groups attached to an aromatic ring is 1. The van der Waals surface area contributed by atoms with Gasteiger partial charge in [-0.15, -0.1) is 0 Å². The highest BCUT2D eigenvalue weighted by Crippen LogP contribution is 2.34. The summed E-state index contributed by atoms with van der Waals surface area (Å²) < 4.78 is 66.9. The Kier molecular flexibility index (Phi) is 5.30. The molecule has 1 saturated heterocycles. The van der Waals surface area contributed by atoms with Crippen molar-refractivity contribution in [2.24, 2.45) is 0 Å². The first-order chi connectivity index (χ1) is 14.6. The van der Waals surface area contributed by atoms with Crippen molar-refractivity contribution in [3.05, 3.63) is 53.4 Å². The number of nitrogens with zero attached hydrogens (tertiary/aromatic N) is 5. The van der Waals surface area contributed by atoms with Crippen LogP contribution in [-0.4, -0.2) is 46.5 Å². The fourth-order valence-corrected chi connectivity index (χ4v) is 5.65. The number of benzene rings is 1. The lowest BCUT2D eigenvalue weighted by Crippen LogP contribution is -2.28. The highest BCUT2D eigenvalue weighted by molar-refractivity contribution is 7.92. The van der Waals surface area contributed by atoms with Gasteiger partial charge in [-0.2, -0.15) is 23.3 Å². The highest BCUT2D eigenvalue weighted by Gasteiger charge is 2.38. The molecule has 13 heteroatoms. The summed E-state index contributed by atoms with van der Waals surface area (Å²) in [5.74, 6) is -0.606. The SMILES string of the molecule is Nc1nc(N2CC[C@H](S(=O)(=O)c3ccc(-n4cccn4)cc3Cl)C2)cc(C(F)(F)F)n1. The van der Waals surface area contributed by atoms with E-state index in [1.54, 1.807) is 24.5 Å². The second kappa shape index (κ2) is 7.68. The molecule has 1 fully saturated rings. The van der Waals surface area contributed by atoms with Crippen LogP contribution in [0.15, 0.2) is 47.6 Å². The molecule has 0 bridgehead atoms. The van der Waals surface area contributed by atoms with Crippen molar-refractivity contribution in [1.29, 1.82) is 0 Å². The predicted octanol–water partition coefficient (Wildman–Crippen LogP) is 2.97. The fourth-order valence-electron chi connectivity index (χ4n) is 3.41. The number of hydrogen-bond acceptors (Lipinski definition) is 7. The second-order valence-corrected chi connectivity index (χ2v) is 9.54. The topological polar surface area (TPSA) is 107 Å². The number of halogens is 4. The molecule has 0 saturated carbocycles. The van der Waals surface area contributed by atoms with Gasteiger partial charge in [-0.05, 0) is 30.7 Å². The Hall–Kier alpha value is -2.86. The normalized spacial score (nSPS) is 17.3. The fraction of sp³-hybridized carbons (Fsp3) is 0.278. The van der Waals surface area contributed by atoms with Crippen LogP contribution in [0.3, 0.4) is 0 Å². The first kappa shape index (κ1) is 21.4. The molecule has 164 valence electrons. The summed E-state index contributed by atoms with van der Waals surface area (Å²) in [4.78, 5) is 8.44. The Balaban J connectivity index is 1.59. The largest absolute Gasteiger partial charge is 0.433 e. The molecule has 0 unspecified atom stereocenters. The van der Waals surface area contributed by atoms with Crippen LogP contribution in [0.1, 0.15) is 12.1 Å². The van der Waals surface area contributed by atoms with E-state index in [2.05, 4.69) is 15.1 Å². The van der Waals surface area contributed by atoms with E-state index in [-0.39, 0.29) is 35.2 Å². The van der Waals surface area contributed by atoms with Crippen molar-refractivity contribution in [2.75, 3.05) is 23.7 Å². The summed E-state index contributed by atoms with van der Waals surface area (Å²) in [5, 5.41) is 3.24. The van der Waals surface area contributed by atoms with Gasteiger partial charge in [0.05, 0.1) is 20.9 Å². The summed E-state index contributed by atoms with van der Waals surface area (Å²) >= 11 is 6.26. The molecule has 8 nitrogen and oxygen atoms in total. The smallest absolute Gasteiger partial charge is 0.368 e. The lowest BCUT2D eigenvalue weighted by Gasteiger charge is -2.19. The third-order valence-corrected chi connectivity index (χ3v) is 7.58. The van der Waals surface area contributed by atoms with E-state index >= 15 is 0 Å². The zero-order chi connectivity index (χ0) is 22.4. The van der Waals surface area contributed by atoms with Crippen LogP contribution in [0, 0.1) is 0 Å². The zero-order valence-corrected chi connectivity index (χ0v) is 17.4. The minimum Gasteiger partial charge on any atom is -0.368 e. The van der Waals surface area contributed by atoms with Crippen LogP contribution >= 0.6 is 11.6 Å². The Morgan fingerprint density at radius 2 is 1.97 bits per heavy atom. The molecule has 0 radical (unpaired) electrons. The molecule has 4 rings (SSSR count). The van der Waals surface area contributed by atoms with E-state index in [1.807, 2.05) is 0 Å². The molecule has 3 aromatic rings. The molecule has 0 aliphatic carbocycles. The van der Waals surface area contributed by atoms with Crippen molar-refractivity contribution < 1.29 is 21.6 Å². The number of aromatic nitrogens is 4. The number of rotatable bonds is 4. The van der Waals surface area contributed by atoms with Gasteiger partial charge in [0.2, 0.25) is 5.95 Å². The van der Waals surface area contributed by atoms with Gasteiger partial charge < -0.3 is 10.6 Å². The molecule has 1 atom stereocenters. The molecule has 1 aliphatic heterocycles. The van der Waals surface area contributed by atoms with Gasteiger partial charge in [-0.25, -0.2) is 18.1 Å². The summed E-state index contributed by atoms with van der Waals surface area (Å²) in [6.45, 7) is 0.147. The lowest BCUT2D eigenvalue weighted by atomic mass is 10.3. The van der Waals surface area contributed by atoms with Gasteiger partial charge in [0, 0.05) is 31.5 Å². The van der Waals surface area contributed by atoms with Crippen LogP contribution in [0.4, 0.5) is 24.9 Å². The molecule has 1 aromatic carbocycles. The summed E-state index contributed by atoms with van der Waals surface area (Å²) in [7, 11) is -3.84. The number of anilines is 2. The maximum absolute atomic E-state index is 13.2. The molecule has 0 spiro atoms. The van der Waals surface area contributed by atoms with E-state index in [0.717, 1.165) is 6.07 Å². The number of hydrogen-bond donors (Lipinski definition) is 1. The number of alkyl halides is 3. The standard InChI is InChI=1S/C18H16ClF3N6O2S/c19-13-8-11(28-6-1-5-24-28)2-3-14(13)31(29,30)12-4-7-27(10-12)16-9-15(18(20,21)22)25-17(23)26-16/h1-3,5-6,8-9,12H,4,7,10H2,(H2,23,25,26)/t12-/m0/s1. The van der Waals surface area contributed by atoms with E-state index in [9.17, 15) is 21.6 Å². The molecule has 0 amide bonds. The Morgan fingerprint density at radius 1 is 1.19 bits per heavy atom. The van der Waals surface area contributed by atoms with Crippen molar-refractivity contribution in [1.82, 2.24) is 19.7 Å². The molecular formula is C18H16ClF3N6O2S. The van der Waals surface area contributed by atoms with Crippen molar-refractivity contribution in [2.45, 2.75) is 22.7 Å². The van der Waals surface area contributed by atoms with E-state index < -0.39 is 32.9 Å². The minimum atomic E-state index is -4.69. The third-order valence-electron chi connectivity index (χ3n) is 4.92. The van der Waals surface area contributed by atoms with Crippen LogP contribution in [0.25, 0.3) is 5.69 Å². The van der Waals surface area contributed by atoms with E-state index in [1.165, 1.54) is 21.7 Å².